The highest BCUT2D eigenvalue weighted by atomic mass is 35.5. The summed E-state index contributed by atoms with van der Waals surface area (Å²) >= 11 is 7.47. The van der Waals surface area contributed by atoms with Gasteiger partial charge in [0.05, 0.1) is 18.9 Å². The lowest BCUT2D eigenvalue weighted by Crippen LogP contribution is -2.36. The first kappa shape index (κ1) is 19.7. The van der Waals surface area contributed by atoms with Gasteiger partial charge in [-0.3, -0.25) is 9.59 Å². The Morgan fingerprint density at radius 3 is 2.48 bits per heavy atom. The van der Waals surface area contributed by atoms with Crippen LogP contribution in [0.5, 0.6) is 0 Å². The zero-order valence-electron chi connectivity index (χ0n) is 15.4. The number of aliphatic carboxylic acids is 1. The minimum Gasteiger partial charge on any atom is -0.481 e. The van der Waals surface area contributed by atoms with Crippen molar-refractivity contribution < 1.29 is 24.2 Å². The number of nitrogens with one attached hydrogen (secondary N) is 1. The van der Waals surface area contributed by atoms with Gasteiger partial charge >= 0.3 is 11.9 Å². The summed E-state index contributed by atoms with van der Waals surface area (Å²) in [5.74, 6) is -3.63. The minimum absolute atomic E-state index is 0.106. The number of anilines is 1. The molecule has 1 fully saturated rings. The molecule has 2 aromatic rings. The number of carboxylic acid groups (broad SMARTS) is 1. The van der Waals surface area contributed by atoms with Crippen molar-refractivity contribution in [3.8, 4) is 11.1 Å². The topological polar surface area (TPSA) is 92.7 Å². The van der Waals surface area contributed by atoms with Crippen LogP contribution in [0, 0.1) is 23.7 Å². The van der Waals surface area contributed by atoms with E-state index in [4.69, 9.17) is 16.3 Å². The van der Waals surface area contributed by atoms with E-state index in [9.17, 15) is 19.5 Å². The van der Waals surface area contributed by atoms with Crippen LogP contribution in [0.3, 0.4) is 0 Å². The maximum Gasteiger partial charge on any atom is 0.341 e. The van der Waals surface area contributed by atoms with Gasteiger partial charge in [-0.2, -0.15) is 0 Å². The number of carboxylic acids is 1. The molecule has 150 valence electrons. The fourth-order valence-corrected chi connectivity index (χ4v) is 5.53. The monoisotopic (exact) mass is 431 g/mol. The summed E-state index contributed by atoms with van der Waals surface area (Å²) in [4.78, 5) is 37.2. The Labute approximate surface area is 176 Å². The van der Waals surface area contributed by atoms with Crippen molar-refractivity contribution >= 4 is 45.8 Å². The quantitative estimate of drug-likeness (QED) is 0.543. The molecule has 8 heteroatoms. The SMILES string of the molecule is COC(=O)c1c(-c2ccccc2Cl)csc1NC(=O)C1C2C=CC(C2)C1C(=O)O. The van der Waals surface area contributed by atoms with Gasteiger partial charge in [-0.25, -0.2) is 4.79 Å². The molecule has 2 N–H and O–H groups in total. The van der Waals surface area contributed by atoms with Crippen molar-refractivity contribution in [2.75, 3.05) is 12.4 Å². The van der Waals surface area contributed by atoms with Crippen molar-refractivity contribution in [1.82, 2.24) is 0 Å². The second-order valence-corrected chi connectivity index (χ2v) is 8.44. The van der Waals surface area contributed by atoms with E-state index in [1.165, 1.54) is 18.4 Å². The molecular formula is C21H18ClNO5S. The van der Waals surface area contributed by atoms with Crippen molar-refractivity contribution in [2.45, 2.75) is 6.42 Å². The van der Waals surface area contributed by atoms with Crippen molar-refractivity contribution in [3.63, 3.8) is 0 Å². The molecule has 1 aromatic carbocycles. The van der Waals surface area contributed by atoms with Crippen LogP contribution < -0.4 is 5.32 Å². The molecule has 6 nitrogen and oxygen atoms in total. The molecule has 29 heavy (non-hydrogen) atoms. The van der Waals surface area contributed by atoms with E-state index in [-0.39, 0.29) is 17.4 Å². The highest BCUT2D eigenvalue weighted by molar-refractivity contribution is 7.15. The Morgan fingerprint density at radius 2 is 1.83 bits per heavy atom. The molecular weight excluding hydrogens is 414 g/mol. The zero-order chi connectivity index (χ0) is 20.7. The first-order valence-corrected chi connectivity index (χ1v) is 10.3. The standard InChI is InChI=1S/C21H18ClNO5S/c1-28-21(27)17-13(12-4-2-3-5-14(12)22)9-29-19(17)23-18(24)15-10-6-7-11(8-10)16(15)20(25)26/h2-7,9-11,15-16H,8H2,1H3,(H,23,24)(H,25,26). The van der Waals surface area contributed by atoms with E-state index in [0.29, 0.717) is 27.6 Å². The summed E-state index contributed by atoms with van der Waals surface area (Å²) in [6, 6.07) is 7.08. The van der Waals surface area contributed by atoms with Crippen LogP contribution in [0.1, 0.15) is 16.8 Å². The van der Waals surface area contributed by atoms with Gasteiger partial charge in [-0.05, 0) is 24.3 Å². The Bertz CT molecular complexity index is 1030. The maximum atomic E-state index is 13.0. The zero-order valence-corrected chi connectivity index (χ0v) is 17.0. The predicted octanol–water partition coefficient (Wildman–Crippen LogP) is 4.32. The molecule has 4 atom stereocenters. The second-order valence-electron chi connectivity index (χ2n) is 7.15. The van der Waals surface area contributed by atoms with Gasteiger partial charge < -0.3 is 15.2 Å². The molecule has 4 rings (SSSR count). The van der Waals surface area contributed by atoms with Crippen molar-refractivity contribution in [3.05, 3.63) is 52.4 Å². The molecule has 1 saturated carbocycles. The molecule has 2 bridgehead atoms. The van der Waals surface area contributed by atoms with E-state index in [1.807, 2.05) is 12.2 Å². The fourth-order valence-electron chi connectivity index (χ4n) is 4.34. The Kier molecular flexibility index (Phi) is 5.19. The summed E-state index contributed by atoms with van der Waals surface area (Å²) < 4.78 is 4.92. The van der Waals surface area contributed by atoms with Crippen LogP contribution in [0.4, 0.5) is 5.00 Å². The van der Waals surface area contributed by atoms with Crippen LogP contribution in [0.25, 0.3) is 11.1 Å². The van der Waals surface area contributed by atoms with Gasteiger partial charge in [0, 0.05) is 21.5 Å². The number of benzene rings is 1. The van der Waals surface area contributed by atoms with Gasteiger partial charge in [0.15, 0.2) is 0 Å². The van der Waals surface area contributed by atoms with Crippen LogP contribution >= 0.6 is 22.9 Å². The smallest absolute Gasteiger partial charge is 0.341 e. The number of thiophene rings is 1. The molecule has 2 aliphatic carbocycles. The van der Waals surface area contributed by atoms with Gasteiger partial charge in [-0.15, -0.1) is 11.3 Å². The Balaban J connectivity index is 1.68. The van der Waals surface area contributed by atoms with Crippen LogP contribution in [0.2, 0.25) is 5.02 Å². The van der Waals surface area contributed by atoms with Gasteiger partial charge in [-0.1, -0.05) is 42.0 Å². The summed E-state index contributed by atoms with van der Waals surface area (Å²) in [5, 5.41) is 14.9. The number of ether oxygens (including phenoxy) is 1. The summed E-state index contributed by atoms with van der Waals surface area (Å²) in [7, 11) is 1.27. The number of esters is 1. The number of hydrogen-bond donors (Lipinski definition) is 2. The number of methoxy groups -OCH3 is 1. The highest BCUT2D eigenvalue weighted by Gasteiger charge is 2.51. The minimum atomic E-state index is -0.974. The highest BCUT2D eigenvalue weighted by Crippen LogP contribution is 2.49. The predicted molar refractivity (Wildman–Crippen MR) is 110 cm³/mol. The Morgan fingerprint density at radius 1 is 1.14 bits per heavy atom. The first-order valence-electron chi connectivity index (χ1n) is 9.09. The lowest BCUT2D eigenvalue weighted by Gasteiger charge is -2.23. The van der Waals surface area contributed by atoms with Crippen LogP contribution in [-0.2, 0) is 14.3 Å². The molecule has 0 radical (unpaired) electrons. The number of halogens is 1. The summed E-state index contributed by atoms with van der Waals surface area (Å²) in [6.45, 7) is 0. The summed E-state index contributed by atoms with van der Waals surface area (Å²) in [6.07, 6.45) is 4.46. The average molecular weight is 432 g/mol. The fraction of sp³-hybridized carbons (Fsp3) is 0.286. The Hall–Kier alpha value is -2.64. The lowest BCUT2D eigenvalue weighted by atomic mass is 9.82. The molecule has 1 amide bonds. The number of carbonyl (C=O) groups excluding carboxylic acids is 2. The largest absolute Gasteiger partial charge is 0.481 e. The molecule has 0 spiro atoms. The molecule has 0 saturated heterocycles. The van der Waals surface area contributed by atoms with E-state index in [1.54, 1.807) is 29.6 Å². The van der Waals surface area contributed by atoms with Gasteiger partial charge in [0.25, 0.3) is 0 Å². The third-order valence-corrected chi connectivity index (χ3v) is 6.85. The number of amides is 1. The number of hydrogen-bond acceptors (Lipinski definition) is 5. The van der Waals surface area contributed by atoms with Crippen molar-refractivity contribution in [2.24, 2.45) is 23.7 Å². The van der Waals surface area contributed by atoms with E-state index in [2.05, 4.69) is 5.32 Å². The van der Waals surface area contributed by atoms with E-state index >= 15 is 0 Å². The molecule has 1 aromatic heterocycles. The van der Waals surface area contributed by atoms with Crippen LogP contribution in [-0.4, -0.2) is 30.1 Å². The van der Waals surface area contributed by atoms with E-state index in [0.717, 1.165) is 0 Å². The first-order chi connectivity index (χ1) is 13.9. The van der Waals surface area contributed by atoms with E-state index < -0.39 is 29.7 Å². The van der Waals surface area contributed by atoms with Gasteiger partial charge in [0.2, 0.25) is 5.91 Å². The summed E-state index contributed by atoms with van der Waals surface area (Å²) in [5.41, 5.74) is 1.42. The van der Waals surface area contributed by atoms with Crippen LogP contribution in [0.15, 0.2) is 41.8 Å². The molecule has 4 unspecified atom stereocenters. The normalized spacial score (nSPS) is 24.5. The molecule has 0 aliphatic heterocycles. The lowest BCUT2D eigenvalue weighted by molar-refractivity contribution is -0.146. The number of rotatable bonds is 5. The third-order valence-electron chi connectivity index (χ3n) is 5.63. The van der Waals surface area contributed by atoms with Crippen molar-refractivity contribution in [1.29, 1.82) is 0 Å². The maximum absolute atomic E-state index is 13.0. The second kappa shape index (κ2) is 7.65. The number of allylic oxidation sites excluding steroid dienone is 2. The number of carbonyl (C=O) groups is 3. The number of fused-ring (bicyclic) bond motifs is 2. The molecule has 2 aliphatic rings. The average Bonchev–Trinajstić information content (AvgIpc) is 3.42. The molecule has 1 heterocycles. The third kappa shape index (κ3) is 3.34. The van der Waals surface area contributed by atoms with Gasteiger partial charge in [0.1, 0.15) is 10.6 Å².